The molecule has 0 spiro atoms. The van der Waals surface area contributed by atoms with Gasteiger partial charge in [0.2, 0.25) is 0 Å². The molecule has 0 fully saturated rings. The largest absolute Gasteiger partial charge is 0.349 e. The number of allylic oxidation sites excluding steroid dienone is 1. The van der Waals surface area contributed by atoms with E-state index in [1.165, 1.54) is 16.2 Å². The zero-order valence-electron chi connectivity index (χ0n) is 9.83. The summed E-state index contributed by atoms with van der Waals surface area (Å²) >= 11 is 2.92. The lowest BCUT2D eigenvalue weighted by atomic mass is 10.3. The summed E-state index contributed by atoms with van der Waals surface area (Å²) in [6.07, 6.45) is 2.78. The van der Waals surface area contributed by atoms with Gasteiger partial charge in [0, 0.05) is 22.3 Å². The molecule has 0 saturated heterocycles. The average molecular weight is 290 g/mol. The van der Waals surface area contributed by atoms with Gasteiger partial charge < -0.3 is 5.32 Å². The first-order valence-corrected chi connectivity index (χ1v) is 7.33. The molecule has 1 aliphatic rings. The predicted octanol–water partition coefficient (Wildman–Crippen LogP) is 4.26. The molecular weight excluding hydrogens is 280 g/mol. The molecule has 1 N–H and O–H groups in total. The second kappa shape index (κ2) is 5.07. The number of nitro groups is 1. The molecule has 1 aromatic carbocycles. The van der Waals surface area contributed by atoms with E-state index in [0.29, 0.717) is 6.42 Å². The molecule has 19 heavy (non-hydrogen) atoms. The molecule has 1 aliphatic heterocycles. The number of thioether (sulfide) groups is 1. The molecule has 0 aliphatic carbocycles. The van der Waals surface area contributed by atoms with Gasteiger partial charge in [-0.1, -0.05) is 35.2 Å². The van der Waals surface area contributed by atoms with Crippen LogP contribution in [0, 0.1) is 10.1 Å². The summed E-state index contributed by atoms with van der Waals surface area (Å²) in [7, 11) is 0. The number of benzene rings is 1. The molecule has 6 heteroatoms. The fourth-order valence-corrected chi connectivity index (χ4v) is 3.52. The Labute approximate surface area is 118 Å². The van der Waals surface area contributed by atoms with Crippen molar-refractivity contribution < 1.29 is 4.92 Å². The molecule has 0 unspecified atom stereocenters. The fourth-order valence-electron chi connectivity index (χ4n) is 1.80. The summed E-state index contributed by atoms with van der Waals surface area (Å²) in [4.78, 5) is 12.5. The molecule has 2 heterocycles. The number of fused-ring (bicyclic) bond motifs is 1. The molecule has 1 aromatic heterocycles. The van der Waals surface area contributed by atoms with E-state index in [1.54, 1.807) is 17.8 Å². The van der Waals surface area contributed by atoms with Crippen LogP contribution in [0.5, 0.6) is 0 Å². The van der Waals surface area contributed by atoms with Crippen molar-refractivity contribution in [1.82, 2.24) is 0 Å². The number of nitrogens with zero attached hydrogens (tertiary/aromatic N) is 1. The number of hydrogen-bond acceptors (Lipinski definition) is 5. The number of para-hydroxylation sites is 1. The first kappa shape index (κ1) is 12.3. The van der Waals surface area contributed by atoms with Crippen molar-refractivity contribution >= 4 is 33.8 Å². The highest BCUT2D eigenvalue weighted by atomic mass is 32.2. The minimum absolute atomic E-state index is 0.198. The molecule has 4 nitrogen and oxygen atoms in total. The van der Waals surface area contributed by atoms with Crippen LogP contribution < -0.4 is 5.32 Å². The third kappa shape index (κ3) is 2.64. The van der Waals surface area contributed by atoms with Crippen molar-refractivity contribution in [3.05, 3.63) is 62.5 Å². The Kier molecular flexibility index (Phi) is 3.27. The molecule has 0 bridgehead atoms. The average Bonchev–Trinajstić information content (AvgIpc) is 3.02. The maximum atomic E-state index is 10.6. The SMILES string of the molecule is O=[N+]([O-])c1ccc(C/C=C2\Nc3ccccc3S2)s1. The minimum Gasteiger partial charge on any atom is -0.349 e. The van der Waals surface area contributed by atoms with Gasteiger partial charge in [-0.05, 0) is 24.3 Å². The molecule has 0 radical (unpaired) electrons. The van der Waals surface area contributed by atoms with Crippen molar-refractivity contribution in [3.63, 3.8) is 0 Å². The maximum Gasteiger partial charge on any atom is 0.324 e. The van der Waals surface area contributed by atoms with Crippen LogP contribution in [0.15, 0.2) is 52.4 Å². The van der Waals surface area contributed by atoms with E-state index in [4.69, 9.17) is 0 Å². The number of thiophene rings is 1. The van der Waals surface area contributed by atoms with Gasteiger partial charge in [-0.2, -0.15) is 0 Å². The van der Waals surface area contributed by atoms with E-state index in [1.807, 2.05) is 24.3 Å². The zero-order chi connectivity index (χ0) is 13.2. The van der Waals surface area contributed by atoms with E-state index < -0.39 is 0 Å². The number of anilines is 1. The van der Waals surface area contributed by atoms with Crippen LogP contribution in [0.3, 0.4) is 0 Å². The Morgan fingerprint density at radius 2 is 2.11 bits per heavy atom. The standard InChI is InChI=1S/C13H10N2O2S2/c16-15(17)13-8-6-9(18-13)5-7-12-14-10-3-1-2-4-11(10)19-12/h1-4,6-8,14H,5H2/b12-7+. The van der Waals surface area contributed by atoms with Crippen LogP contribution in [-0.2, 0) is 6.42 Å². The zero-order valence-corrected chi connectivity index (χ0v) is 11.5. The Morgan fingerprint density at radius 3 is 2.84 bits per heavy atom. The molecule has 96 valence electrons. The van der Waals surface area contributed by atoms with Crippen LogP contribution in [0.4, 0.5) is 10.7 Å². The summed E-state index contributed by atoms with van der Waals surface area (Å²) in [5.41, 5.74) is 1.12. The second-order valence-corrected chi connectivity index (χ2v) is 6.22. The van der Waals surface area contributed by atoms with Crippen molar-refractivity contribution in [2.45, 2.75) is 11.3 Å². The molecular formula is C13H10N2O2S2. The van der Waals surface area contributed by atoms with Gasteiger partial charge in [0.1, 0.15) is 0 Å². The van der Waals surface area contributed by atoms with Gasteiger partial charge in [0.15, 0.2) is 0 Å². The topological polar surface area (TPSA) is 55.2 Å². The Balaban J connectivity index is 1.70. The van der Waals surface area contributed by atoms with Gasteiger partial charge in [-0.25, -0.2) is 0 Å². The highest BCUT2D eigenvalue weighted by Gasteiger charge is 2.14. The molecule has 0 atom stereocenters. The smallest absolute Gasteiger partial charge is 0.324 e. The number of nitrogens with one attached hydrogen (secondary N) is 1. The van der Waals surface area contributed by atoms with Crippen molar-refractivity contribution in [2.75, 3.05) is 5.32 Å². The van der Waals surface area contributed by atoms with E-state index in [0.717, 1.165) is 15.6 Å². The Hall–Kier alpha value is -1.79. The highest BCUT2D eigenvalue weighted by Crippen LogP contribution is 2.40. The number of hydrogen-bond donors (Lipinski definition) is 1. The van der Waals surface area contributed by atoms with Crippen molar-refractivity contribution in [3.8, 4) is 0 Å². The fraction of sp³-hybridized carbons (Fsp3) is 0.0769. The van der Waals surface area contributed by atoms with Crippen molar-refractivity contribution in [1.29, 1.82) is 0 Å². The molecule has 3 rings (SSSR count). The van der Waals surface area contributed by atoms with Crippen LogP contribution in [0.1, 0.15) is 4.88 Å². The summed E-state index contributed by atoms with van der Waals surface area (Å²) in [6.45, 7) is 0. The lowest BCUT2D eigenvalue weighted by Crippen LogP contribution is -1.88. The molecule has 2 aromatic rings. The predicted molar refractivity (Wildman–Crippen MR) is 78.7 cm³/mol. The third-order valence-corrected chi connectivity index (χ3v) is 4.80. The Bertz CT molecular complexity index is 637. The van der Waals surface area contributed by atoms with Gasteiger partial charge in [0.25, 0.3) is 0 Å². The maximum absolute atomic E-state index is 10.6. The van der Waals surface area contributed by atoms with Crippen LogP contribution in [-0.4, -0.2) is 4.92 Å². The molecule has 0 saturated carbocycles. The lowest BCUT2D eigenvalue weighted by Gasteiger charge is -1.97. The first-order chi connectivity index (χ1) is 9.22. The van der Waals surface area contributed by atoms with Gasteiger partial charge in [-0.3, -0.25) is 10.1 Å². The summed E-state index contributed by atoms with van der Waals surface area (Å²) in [6, 6.07) is 11.5. The van der Waals surface area contributed by atoms with Crippen LogP contribution >= 0.6 is 23.1 Å². The quantitative estimate of drug-likeness (QED) is 0.678. The summed E-state index contributed by atoms with van der Waals surface area (Å²) < 4.78 is 0. The third-order valence-electron chi connectivity index (χ3n) is 2.68. The van der Waals surface area contributed by atoms with Gasteiger partial charge >= 0.3 is 5.00 Å². The van der Waals surface area contributed by atoms with Crippen LogP contribution in [0.2, 0.25) is 0 Å². The van der Waals surface area contributed by atoms with Crippen molar-refractivity contribution in [2.24, 2.45) is 0 Å². The van der Waals surface area contributed by atoms with E-state index in [-0.39, 0.29) is 9.92 Å². The summed E-state index contributed by atoms with van der Waals surface area (Å²) in [5.74, 6) is 0. The normalized spacial score (nSPS) is 15.3. The van der Waals surface area contributed by atoms with E-state index >= 15 is 0 Å². The van der Waals surface area contributed by atoms with Gasteiger partial charge in [-0.15, -0.1) is 0 Å². The highest BCUT2D eigenvalue weighted by molar-refractivity contribution is 8.03. The van der Waals surface area contributed by atoms with E-state index in [9.17, 15) is 10.1 Å². The Morgan fingerprint density at radius 1 is 1.26 bits per heavy atom. The second-order valence-electron chi connectivity index (χ2n) is 3.99. The lowest BCUT2D eigenvalue weighted by molar-refractivity contribution is -0.380. The van der Waals surface area contributed by atoms with Gasteiger partial charge in [0.05, 0.1) is 15.6 Å². The number of rotatable bonds is 3. The minimum atomic E-state index is -0.347. The summed E-state index contributed by atoms with van der Waals surface area (Å²) in [5, 5.41) is 15.2. The van der Waals surface area contributed by atoms with E-state index in [2.05, 4.69) is 17.5 Å². The molecule has 0 amide bonds. The monoisotopic (exact) mass is 290 g/mol. The first-order valence-electron chi connectivity index (χ1n) is 5.69. The van der Waals surface area contributed by atoms with Crippen LogP contribution in [0.25, 0.3) is 0 Å².